The first-order chi connectivity index (χ1) is 11.8. The highest BCUT2D eigenvalue weighted by Gasteiger charge is 2.14. The molecule has 1 heterocycles. The number of likely N-dealkylation sites (tertiary alicyclic amines) is 1. The Labute approximate surface area is 146 Å². The van der Waals surface area contributed by atoms with Gasteiger partial charge in [-0.15, -0.1) is 0 Å². The molecule has 1 aliphatic heterocycles. The van der Waals surface area contributed by atoms with Gasteiger partial charge in [0.2, 0.25) is 0 Å². The van der Waals surface area contributed by atoms with Gasteiger partial charge in [0.1, 0.15) is 5.75 Å². The second kappa shape index (κ2) is 8.89. The number of benzene rings is 2. The highest BCUT2D eigenvalue weighted by atomic mass is 16.5. The van der Waals surface area contributed by atoms with E-state index in [1.165, 1.54) is 43.6 Å². The van der Waals surface area contributed by atoms with Gasteiger partial charge >= 0.3 is 0 Å². The summed E-state index contributed by atoms with van der Waals surface area (Å²) in [5, 5.41) is 0. The Morgan fingerprint density at radius 3 is 2.29 bits per heavy atom. The molecule has 0 spiro atoms. The van der Waals surface area contributed by atoms with Crippen molar-refractivity contribution in [2.45, 2.75) is 32.6 Å². The molecule has 0 bridgehead atoms. The molecule has 2 nitrogen and oxygen atoms in total. The molecule has 0 amide bonds. The highest BCUT2D eigenvalue weighted by molar-refractivity contribution is 5.31. The summed E-state index contributed by atoms with van der Waals surface area (Å²) >= 11 is 0. The van der Waals surface area contributed by atoms with Gasteiger partial charge in [0.25, 0.3) is 0 Å². The van der Waals surface area contributed by atoms with Crippen LogP contribution in [-0.2, 0) is 6.42 Å². The summed E-state index contributed by atoms with van der Waals surface area (Å²) < 4.78 is 5.90. The average molecular weight is 323 g/mol. The zero-order valence-electron chi connectivity index (χ0n) is 14.8. The minimum atomic E-state index is 0.810. The van der Waals surface area contributed by atoms with E-state index >= 15 is 0 Å². The van der Waals surface area contributed by atoms with E-state index in [2.05, 4.69) is 66.4 Å². The van der Waals surface area contributed by atoms with Gasteiger partial charge < -0.3 is 9.64 Å². The van der Waals surface area contributed by atoms with E-state index in [1.807, 2.05) is 0 Å². The maximum Gasteiger partial charge on any atom is 0.119 e. The van der Waals surface area contributed by atoms with Gasteiger partial charge in [-0.3, -0.25) is 0 Å². The summed E-state index contributed by atoms with van der Waals surface area (Å²) in [5.41, 5.74) is 2.68. The SMILES string of the molecule is CC1CCN(CCCOc2ccc(Cc3ccccc3)cc2)CC1. The summed E-state index contributed by atoms with van der Waals surface area (Å²) in [6.45, 7) is 6.86. The monoisotopic (exact) mass is 323 g/mol. The molecule has 0 N–H and O–H groups in total. The van der Waals surface area contributed by atoms with Crippen LogP contribution >= 0.6 is 0 Å². The van der Waals surface area contributed by atoms with Crippen LogP contribution in [0.1, 0.15) is 37.3 Å². The van der Waals surface area contributed by atoms with Gasteiger partial charge in [-0.25, -0.2) is 0 Å². The lowest BCUT2D eigenvalue weighted by Gasteiger charge is -2.30. The van der Waals surface area contributed by atoms with Gasteiger partial charge in [-0.1, -0.05) is 49.4 Å². The van der Waals surface area contributed by atoms with Gasteiger partial charge in [0.15, 0.2) is 0 Å². The minimum Gasteiger partial charge on any atom is -0.494 e. The molecule has 0 atom stereocenters. The largest absolute Gasteiger partial charge is 0.494 e. The molecular weight excluding hydrogens is 294 g/mol. The van der Waals surface area contributed by atoms with Crippen LogP contribution in [-0.4, -0.2) is 31.1 Å². The smallest absolute Gasteiger partial charge is 0.119 e. The minimum absolute atomic E-state index is 0.810. The van der Waals surface area contributed by atoms with Crippen molar-refractivity contribution in [2.75, 3.05) is 26.2 Å². The van der Waals surface area contributed by atoms with E-state index in [-0.39, 0.29) is 0 Å². The quantitative estimate of drug-likeness (QED) is 0.680. The van der Waals surface area contributed by atoms with Crippen LogP contribution in [0.4, 0.5) is 0 Å². The van der Waals surface area contributed by atoms with Crippen molar-refractivity contribution < 1.29 is 4.74 Å². The molecule has 0 unspecified atom stereocenters. The zero-order chi connectivity index (χ0) is 16.6. The molecule has 24 heavy (non-hydrogen) atoms. The average Bonchev–Trinajstić information content (AvgIpc) is 2.62. The zero-order valence-corrected chi connectivity index (χ0v) is 14.8. The van der Waals surface area contributed by atoms with Crippen molar-refractivity contribution in [2.24, 2.45) is 5.92 Å². The number of hydrogen-bond acceptors (Lipinski definition) is 2. The highest BCUT2D eigenvalue weighted by Crippen LogP contribution is 2.17. The Morgan fingerprint density at radius 2 is 1.58 bits per heavy atom. The van der Waals surface area contributed by atoms with Gasteiger partial charge in [-0.2, -0.15) is 0 Å². The molecule has 2 heteroatoms. The maximum absolute atomic E-state index is 5.90. The molecule has 0 aliphatic carbocycles. The van der Waals surface area contributed by atoms with Crippen molar-refractivity contribution in [1.82, 2.24) is 4.90 Å². The van der Waals surface area contributed by atoms with Crippen molar-refractivity contribution >= 4 is 0 Å². The third-order valence-corrected chi connectivity index (χ3v) is 4.94. The summed E-state index contributed by atoms with van der Waals surface area (Å²) in [4.78, 5) is 2.58. The van der Waals surface area contributed by atoms with Gasteiger partial charge in [0.05, 0.1) is 6.61 Å². The maximum atomic E-state index is 5.90. The molecular formula is C22H29NO. The first-order valence-electron chi connectivity index (χ1n) is 9.27. The van der Waals surface area contributed by atoms with Crippen LogP contribution in [0, 0.1) is 5.92 Å². The normalized spacial score (nSPS) is 16.2. The molecule has 128 valence electrons. The summed E-state index contributed by atoms with van der Waals surface area (Å²) in [7, 11) is 0. The van der Waals surface area contributed by atoms with E-state index < -0.39 is 0 Å². The standard InChI is InChI=1S/C22H29NO/c1-19-12-15-23(16-13-19)14-5-17-24-22-10-8-21(9-11-22)18-20-6-3-2-4-7-20/h2-4,6-11,19H,5,12-18H2,1H3. The van der Waals surface area contributed by atoms with E-state index in [9.17, 15) is 0 Å². The Bertz CT molecular complexity index is 585. The summed E-state index contributed by atoms with van der Waals surface area (Å²) in [6.07, 6.45) is 4.79. The van der Waals surface area contributed by atoms with E-state index in [0.29, 0.717) is 0 Å². The van der Waals surface area contributed by atoms with Crippen molar-refractivity contribution in [1.29, 1.82) is 0 Å². The van der Waals surface area contributed by atoms with E-state index in [4.69, 9.17) is 4.74 Å². The van der Waals surface area contributed by atoms with Gasteiger partial charge in [0, 0.05) is 6.54 Å². The Hall–Kier alpha value is -1.80. The fraction of sp³-hybridized carbons (Fsp3) is 0.455. The molecule has 1 saturated heterocycles. The second-order valence-electron chi connectivity index (χ2n) is 7.03. The van der Waals surface area contributed by atoms with Crippen LogP contribution in [0.3, 0.4) is 0 Å². The Balaban J connectivity index is 1.37. The third-order valence-electron chi connectivity index (χ3n) is 4.94. The molecule has 2 aromatic rings. The lowest BCUT2D eigenvalue weighted by atomic mass is 9.99. The van der Waals surface area contributed by atoms with Crippen LogP contribution in [0.2, 0.25) is 0 Å². The molecule has 0 aromatic heterocycles. The first-order valence-corrected chi connectivity index (χ1v) is 9.27. The molecule has 3 rings (SSSR count). The van der Waals surface area contributed by atoms with Gasteiger partial charge in [-0.05, 0) is 68.0 Å². The lowest BCUT2D eigenvalue weighted by Crippen LogP contribution is -2.34. The van der Waals surface area contributed by atoms with E-state index in [1.54, 1.807) is 0 Å². The van der Waals surface area contributed by atoms with Crippen molar-refractivity contribution in [3.8, 4) is 5.75 Å². The number of piperidine rings is 1. The molecule has 0 saturated carbocycles. The topological polar surface area (TPSA) is 12.5 Å². The fourth-order valence-corrected chi connectivity index (χ4v) is 3.30. The predicted octanol–water partition coefficient (Wildman–Crippen LogP) is 4.78. The molecule has 2 aromatic carbocycles. The van der Waals surface area contributed by atoms with Crippen LogP contribution in [0.5, 0.6) is 5.75 Å². The molecule has 1 aliphatic rings. The summed E-state index contributed by atoms with van der Waals surface area (Å²) in [5.74, 6) is 1.89. The first kappa shape index (κ1) is 17.0. The number of ether oxygens (including phenoxy) is 1. The number of hydrogen-bond donors (Lipinski definition) is 0. The second-order valence-corrected chi connectivity index (χ2v) is 7.03. The lowest BCUT2D eigenvalue weighted by molar-refractivity contribution is 0.177. The molecule has 1 fully saturated rings. The third kappa shape index (κ3) is 5.38. The Kier molecular flexibility index (Phi) is 6.31. The van der Waals surface area contributed by atoms with Crippen molar-refractivity contribution in [3.63, 3.8) is 0 Å². The Morgan fingerprint density at radius 1 is 0.917 bits per heavy atom. The summed E-state index contributed by atoms with van der Waals surface area (Å²) in [6, 6.07) is 19.1. The number of nitrogens with zero attached hydrogens (tertiary/aromatic N) is 1. The fourth-order valence-electron chi connectivity index (χ4n) is 3.30. The predicted molar refractivity (Wildman–Crippen MR) is 101 cm³/mol. The van der Waals surface area contributed by atoms with Crippen molar-refractivity contribution in [3.05, 3.63) is 65.7 Å². The van der Waals surface area contributed by atoms with Crippen LogP contribution in [0.15, 0.2) is 54.6 Å². The van der Waals surface area contributed by atoms with E-state index in [0.717, 1.165) is 31.1 Å². The molecule has 0 radical (unpaired) electrons. The van der Waals surface area contributed by atoms with Crippen LogP contribution < -0.4 is 4.74 Å². The number of rotatable bonds is 7. The van der Waals surface area contributed by atoms with Crippen LogP contribution in [0.25, 0.3) is 0 Å².